The Morgan fingerprint density at radius 1 is 1.24 bits per heavy atom. The van der Waals surface area contributed by atoms with E-state index in [4.69, 9.17) is 0 Å². The number of carbonyl (C=O) groups is 1. The lowest BCUT2D eigenvalue weighted by Gasteiger charge is -2.34. The van der Waals surface area contributed by atoms with Gasteiger partial charge in [-0.25, -0.2) is 9.97 Å². The van der Waals surface area contributed by atoms with Crippen molar-refractivity contribution in [1.82, 2.24) is 19.9 Å². The molecule has 1 fully saturated rings. The third kappa shape index (κ3) is 3.38. The number of aryl methyl sites for hydroxylation is 1. The molecule has 25 heavy (non-hydrogen) atoms. The van der Waals surface area contributed by atoms with Gasteiger partial charge in [0.2, 0.25) is 0 Å². The Morgan fingerprint density at radius 3 is 3.04 bits per heavy atom. The summed E-state index contributed by atoms with van der Waals surface area (Å²) in [7, 11) is 0. The predicted molar refractivity (Wildman–Crippen MR) is 96.7 cm³/mol. The molecule has 4 rings (SSSR count). The lowest BCUT2D eigenvalue weighted by molar-refractivity contribution is 0.0927. The number of rotatable bonds is 3. The van der Waals surface area contributed by atoms with Gasteiger partial charge in [0.05, 0.1) is 0 Å². The van der Waals surface area contributed by atoms with Crippen LogP contribution in [0.25, 0.3) is 0 Å². The van der Waals surface area contributed by atoms with E-state index in [9.17, 15) is 4.79 Å². The van der Waals surface area contributed by atoms with Gasteiger partial charge in [0.1, 0.15) is 11.6 Å². The van der Waals surface area contributed by atoms with Crippen LogP contribution in [0.2, 0.25) is 0 Å². The van der Waals surface area contributed by atoms with Gasteiger partial charge in [-0.1, -0.05) is 0 Å². The molecule has 6 heteroatoms. The Morgan fingerprint density at radius 2 is 2.16 bits per heavy atom. The number of carbonyl (C=O) groups excluding carboxylic acids is 1. The van der Waals surface area contributed by atoms with Gasteiger partial charge in [0.15, 0.2) is 0 Å². The highest BCUT2D eigenvalue weighted by Crippen LogP contribution is 2.23. The van der Waals surface area contributed by atoms with Crippen LogP contribution in [-0.4, -0.2) is 39.1 Å². The normalized spacial score (nSPS) is 23.2. The van der Waals surface area contributed by atoms with Crippen LogP contribution in [0.4, 0.5) is 5.82 Å². The van der Waals surface area contributed by atoms with Gasteiger partial charge in [0, 0.05) is 55.7 Å². The van der Waals surface area contributed by atoms with Crippen LogP contribution >= 0.6 is 0 Å². The molecule has 6 nitrogen and oxygen atoms in total. The van der Waals surface area contributed by atoms with Gasteiger partial charge in [0.25, 0.3) is 5.91 Å². The number of fused-ring (bicyclic) bond motifs is 1. The average Bonchev–Trinajstić information content (AvgIpc) is 3.10. The monoisotopic (exact) mass is 339 g/mol. The molecule has 2 aliphatic heterocycles. The zero-order valence-corrected chi connectivity index (χ0v) is 14.7. The fourth-order valence-corrected chi connectivity index (χ4v) is 3.91. The maximum Gasteiger partial charge on any atom is 0.251 e. The summed E-state index contributed by atoms with van der Waals surface area (Å²) < 4.78 is 2.13. The molecule has 4 heterocycles. The first-order valence-corrected chi connectivity index (χ1v) is 9.24. The number of nitrogens with zero attached hydrogens (tertiary/aromatic N) is 4. The first-order chi connectivity index (χ1) is 12.2. The van der Waals surface area contributed by atoms with E-state index < -0.39 is 0 Å². The Hall–Kier alpha value is -2.37. The highest BCUT2D eigenvalue weighted by atomic mass is 16.1. The summed E-state index contributed by atoms with van der Waals surface area (Å²) in [5.41, 5.74) is 0.694. The van der Waals surface area contributed by atoms with Crippen LogP contribution in [0.5, 0.6) is 0 Å². The van der Waals surface area contributed by atoms with Crippen molar-refractivity contribution in [3.63, 3.8) is 0 Å². The Labute approximate surface area is 148 Å². The highest BCUT2D eigenvalue weighted by Gasteiger charge is 2.23. The second-order valence-corrected chi connectivity index (χ2v) is 7.15. The Kier molecular flexibility index (Phi) is 4.42. The van der Waals surface area contributed by atoms with Crippen molar-refractivity contribution in [2.45, 2.75) is 57.7 Å². The number of imidazole rings is 1. The summed E-state index contributed by atoms with van der Waals surface area (Å²) in [6.07, 6.45) is 11.1. The predicted octanol–water partition coefficient (Wildman–Crippen LogP) is 2.40. The van der Waals surface area contributed by atoms with Crippen LogP contribution in [0.3, 0.4) is 0 Å². The minimum atomic E-state index is -0.0122. The molecule has 0 aromatic carbocycles. The molecule has 2 aromatic rings. The lowest BCUT2D eigenvalue weighted by Crippen LogP contribution is -2.41. The molecular weight excluding hydrogens is 314 g/mol. The Bertz CT molecular complexity index is 756. The molecule has 2 aliphatic rings. The van der Waals surface area contributed by atoms with Crippen molar-refractivity contribution in [3.8, 4) is 0 Å². The number of nitrogens with one attached hydrogen (secondary N) is 1. The third-order valence-electron chi connectivity index (χ3n) is 5.38. The van der Waals surface area contributed by atoms with Crippen molar-refractivity contribution in [2.24, 2.45) is 0 Å². The molecule has 0 aliphatic carbocycles. The van der Waals surface area contributed by atoms with E-state index in [0.29, 0.717) is 11.6 Å². The van der Waals surface area contributed by atoms with Crippen molar-refractivity contribution in [2.75, 3.05) is 11.4 Å². The van der Waals surface area contributed by atoms with E-state index in [1.165, 1.54) is 19.3 Å². The largest absolute Gasteiger partial charge is 0.354 e. The number of hydrogen-bond acceptors (Lipinski definition) is 4. The van der Waals surface area contributed by atoms with Gasteiger partial charge in [-0.15, -0.1) is 0 Å². The van der Waals surface area contributed by atoms with Crippen LogP contribution in [0.15, 0.2) is 30.7 Å². The van der Waals surface area contributed by atoms with Crippen LogP contribution in [0.1, 0.15) is 48.8 Å². The molecule has 132 valence electrons. The first-order valence-electron chi connectivity index (χ1n) is 9.24. The zero-order valence-electron chi connectivity index (χ0n) is 14.7. The summed E-state index contributed by atoms with van der Waals surface area (Å²) in [6, 6.07) is 4.37. The van der Waals surface area contributed by atoms with Crippen molar-refractivity contribution in [3.05, 3.63) is 42.1 Å². The number of anilines is 1. The minimum Gasteiger partial charge on any atom is -0.354 e. The Balaban J connectivity index is 1.45. The summed E-state index contributed by atoms with van der Waals surface area (Å²) in [5.74, 6) is 2.01. The third-order valence-corrected chi connectivity index (χ3v) is 5.38. The average molecular weight is 339 g/mol. The molecular formula is C19H25N5O. The molecule has 0 spiro atoms. The van der Waals surface area contributed by atoms with Crippen molar-refractivity contribution >= 4 is 11.7 Å². The second kappa shape index (κ2) is 6.86. The molecule has 1 N–H and O–H groups in total. The maximum atomic E-state index is 12.7. The van der Waals surface area contributed by atoms with Crippen molar-refractivity contribution in [1.29, 1.82) is 0 Å². The SMILES string of the molecule is CC1CCCCN1c1cc(C(=O)NC2CCc3nccn3C2)ccn1. The van der Waals surface area contributed by atoms with Gasteiger partial charge in [-0.05, 0) is 44.7 Å². The van der Waals surface area contributed by atoms with Gasteiger partial charge in [-0.3, -0.25) is 4.79 Å². The highest BCUT2D eigenvalue weighted by molar-refractivity contribution is 5.95. The van der Waals surface area contributed by atoms with Crippen molar-refractivity contribution < 1.29 is 4.79 Å². The molecule has 2 unspecified atom stereocenters. The maximum absolute atomic E-state index is 12.7. The molecule has 1 saturated heterocycles. The van der Waals surface area contributed by atoms with E-state index >= 15 is 0 Å². The van der Waals surface area contributed by atoms with Crippen LogP contribution < -0.4 is 10.2 Å². The quantitative estimate of drug-likeness (QED) is 0.933. The van der Waals surface area contributed by atoms with E-state index in [1.54, 1.807) is 12.3 Å². The topological polar surface area (TPSA) is 63.1 Å². The van der Waals surface area contributed by atoms with Crippen LogP contribution in [0, 0.1) is 0 Å². The smallest absolute Gasteiger partial charge is 0.251 e. The fourth-order valence-electron chi connectivity index (χ4n) is 3.91. The molecule has 2 aromatic heterocycles. The zero-order chi connectivity index (χ0) is 17.2. The molecule has 0 bridgehead atoms. The van der Waals surface area contributed by atoms with E-state index in [-0.39, 0.29) is 11.9 Å². The summed E-state index contributed by atoms with van der Waals surface area (Å²) in [6.45, 7) is 4.05. The van der Waals surface area contributed by atoms with Gasteiger partial charge in [-0.2, -0.15) is 0 Å². The fraction of sp³-hybridized carbons (Fsp3) is 0.526. The second-order valence-electron chi connectivity index (χ2n) is 7.15. The minimum absolute atomic E-state index is 0.0122. The summed E-state index contributed by atoms with van der Waals surface area (Å²) in [4.78, 5) is 23.8. The van der Waals surface area contributed by atoms with Gasteiger partial charge >= 0.3 is 0 Å². The molecule has 0 saturated carbocycles. The van der Waals surface area contributed by atoms with E-state index in [2.05, 4.69) is 31.7 Å². The molecule has 0 radical (unpaired) electrons. The van der Waals surface area contributed by atoms with E-state index in [0.717, 1.165) is 37.6 Å². The summed E-state index contributed by atoms with van der Waals surface area (Å²) >= 11 is 0. The van der Waals surface area contributed by atoms with E-state index in [1.807, 2.05) is 18.5 Å². The number of piperidine rings is 1. The lowest BCUT2D eigenvalue weighted by atomic mass is 10.0. The summed E-state index contributed by atoms with van der Waals surface area (Å²) in [5, 5.41) is 3.17. The number of amides is 1. The molecule has 1 amide bonds. The van der Waals surface area contributed by atoms with Crippen LogP contribution in [-0.2, 0) is 13.0 Å². The number of pyridine rings is 1. The number of aromatic nitrogens is 3. The standard InChI is InChI=1S/C19H25N5O/c1-14-4-2-3-10-24(14)18-12-15(7-8-20-18)19(25)22-16-5-6-17-21-9-11-23(17)13-16/h7-9,11-12,14,16H,2-6,10,13H2,1H3,(H,22,25). The first kappa shape index (κ1) is 16.1. The number of hydrogen-bond donors (Lipinski definition) is 1. The molecule has 2 atom stereocenters. The van der Waals surface area contributed by atoms with Gasteiger partial charge < -0.3 is 14.8 Å².